The molecule has 2 bridgehead atoms. The normalized spacial score (nSPS) is 24.2. The lowest BCUT2D eigenvalue weighted by Crippen LogP contribution is -2.51. The quantitative estimate of drug-likeness (QED) is 0.109. The Kier molecular flexibility index (Phi) is 12.5. The number of imidazole rings is 1. The number of aromatic nitrogens is 5. The van der Waals surface area contributed by atoms with Crippen molar-refractivity contribution < 1.29 is 37.4 Å². The van der Waals surface area contributed by atoms with Gasteiger partial charge in [-0.05, 0) is 99.9 Å². The summed E-state index contributed by atoms with van der Waals surface area (Å²) in [6.45, 7) is 4.27. The second kappa shape index (κ2) is 19.4. The van der Waals surface area contributed by atoms with Crippen molar-refractivity contribution in [3.05, 3.63) is 88.0 Å². The number of ether oxygens (including phenoxy) is 3. The van der Waals surface area contributed by atoms with Crippen LogP contribution in [-0.2, 0) is 32.5 Å². The Morgan fingerprint density at radius 1 is 0.946 bits per heavy atom. The van der Waals surface area contributed by atoms with Crippen LogP contribution in [0.25, 0.3) is 44.0 Å². The predicted octanol–water partition coefficient (Wildman–Crippen LogP) is 5.91. The number of terminal acetylenes is 1. The number of likely N-dealkylation sites (tertiary alicyclic amines) is 1. The van der Waals surface area contributed by atoms with E-state index in [1.807, 2.05) is 24.3 Å². The third-order valence-corrected chi connectivity index (χ3v) is 16.6. The first-order valence-electron chi connectivity index (χ1n) is 26.0. The lowest BCUT2D eigenvalue weighted by atomic mass is 9.95. The minimum Gasteiger partial charge on any atom is -0.461 e. The van der Waals surface area contributed by atoms with E-state index in [-0.39, 0.29) is 96.3 Å². The van der Waals surface area contributed by atoms with Crippen molar-refractivity contribution in [2.75, 3.05) is 57.4 Å². The van der Waals surface area contributed by atoms with E-state index < -0.39 is 23.6 Å². The van der Waals surface area contributed by atoms with Gasteiger partial charge in [0.2, 0.25) is 11.8 Å². The van der Waals surface area contributed by atoms with Crippen LogP contribution in [0.5, 0.6) is 6.01 Å². The molecule has 5 atom stereocenters. The van der Waals surface area contributed by atoms with E-state index in [9.17, 15) is 19.2 Å². The summed E-state index contributed by atoms with van der Waals surface area (Å²) in [5, 5.41) is 7.55. The summed E-state index contributed by atoms with van der Waals surface area (Å²) < 4.78 is 54.1. The van der Waals surface area contributed by atoms with E-state index in [1.165, 1.54) is 15.2 Å². The minimum atomic E-state index is -0.737. The molecule has 0 saturated carbocycles. The van der Waals surface area contributed by atoms with Gasteiger partial charge in [0.05, 0.1) is 40.2 Å². The summed E-state index contributed by atoms with van der Waals surface area (Å²) in [6.07, 6.45) is 15.1. The van der Waals surface area contributed by atoms with Gasteiger partial charge in [-0.2, -0.15) is 9.97 Å². The number of imide groups is 1. The molecule has 19 heteroatoms. The van der Waals surface area contributed by atoms with Crippen molar-refractivity contribution in [2.45, 2.75) is 106 Å². The Morgan fingerprint density at radius 2 is 1.77 bits per heavy atom. The van der Waals surface area contributed by atoms with Gasteiger partial charge in [0, 0.05) is 74.9 Å². The number of pyridine rings is 1. The van der Waals surface area contributed by atoms with Gasteiger partial charge in [-0.3, -0.25) is 33.9 Å². The van der Waals surface area contributed by atoms with E-state index in [0.29, 0.717) is 90.6 Å². The van der Waals surface area contributed by atoms with E-state index in [2.05, 4.69) is 31.3 Å². The van der Waals surface area contributed by atoms with Crippen LogP contribution in [-0.4, -0.2) is 134 Å². The highest BCUT2D eigenvalue weighted by Crippen LogP contribution is 2.44. The molecule has 6 aromatic rings. The molecule has 0 spiro atoms. The summed E-state index contributed by atoms with van der Waals surface area (Å²) in [5.41, 5.74) is 2.18. The second-order valence-corrected chi connectivity index (χ2v) is 20.9. The number of rotatable bonds is 12. The van der Waals surface area contributed by atoms with Crippen LogP contribution in [0.15, 0.2) is 59.5 Å². The fraction of sp³-hybridized carbons (Fsp3) is 0.473. The standard InChI is InChI=1S/C55H58F2N10O7/c1-3-38-41(56)12-9-33-6-4-7-39(46(33)38)48-47(57)49-40(27-58-48)50(65-28-34-10-11-35(29-65)59-34)62-52(61-49)74-31-55-20-5-22-66(55)36(16-21-55)30-73-54(71)64-23-17-37(18-24-64)72-25-19-32-8-13-42-44(26-32)63(2)53(70)67(42)43-14-15-45(68)60-51(43)69/h1,4,6-9,12-13,26-27,34-37,43,59H,5,10-11,14-25,28-31H2,2H3,(H,60,68,69)/t34?,35?,36-,43?,55-/m0/s1. The number of benzene rings is 3. The fourth-order valence-corrected chi connectivity index (χ4v) is 12.8. The maximum absolute atomic E-state index is 17.2. The maximum atomic E-state index is 17.2. The lowest BCUT2D eigenvalue weighted by Gasteiger charge is -2.36. The monoisotopic (exact) mass is 1010 g/mol. The maximum Gasteiger partial charge on any atom is 0.409 e. The molecule has 0 aliphatic carbocycles. The molecule has 17 nitrogen and oxygen atoms in total. The van der Waals surface area contributed by atoms with E-state index in [0.717, 1.165) is 50.6 Å². The molecule has 2 N–H and O–H groups in total. The van der Waals surface area contributed by atoms with Crippen LogP contribution in [0.4, 0.5) is 19.4 Å². The molecule has 6 fully saturated rings. The number of nitrogens with zero attached hydrogens (tertiary/aromatic N) is 8. The number of nitrogens with one attached hydrogen (secondary N) is 2. The second-order valence-electron chi connectivity index (χ2n) is 20.9. The van der Waals surface area contributed by atoms with Gasteiger partial charge in [-0.1, -0.05) is 36.3 Å². The smallest absolute Gasteiger partial charge is 0.409 e. The number of hydrogen-bond donors (Lipinski definition) is 2. The average molecular weight is 1010 g/mol. The van der Waals surface area contributed by atoms with Crippen LogP contribution >= 0.6 is 0 Å². The van der Waals surface area contributed by atoms with Crippen LogP contribution in [0.2, 0.25) is 0 Å². The molecule has 0 radical (unpaired) electrons. The van der Waals surface area contributed by atoms with Gasteiger partial charge in [0.1, 0.15) is 42.1 Å². The van der Waals surface area contributed by atoms with Crippen molar-refractivity contribution >= 4 is 56.4 Å². The zero-order valence-corrected chi connectivity index (χ0v) is 41.3. The number of carbonyl (C=O) groups is 3. The zero-order valence-electron chi connectivity index (χ0n) is 41.3. The molecule has 6 aliphatic heterocycles. The lowest BCUT2D eigenvalue weighted by molar-refractivity contribution is -0.135. The van der Waals surface area contributed by atoms with Crippen LogP contribution in [0.1, 0.15) is 81.4 Å². The van der Waals surface area contributed by atoms with Gasteiger partial charge in [0.15, 0.2) is 5.82 Å². The van der Waals surface area contributed by atoms with Crippen LogP contribution in [0.3, 0.4) is 0 Å². The van der Waals surface area contributed by atoms with Gasteiger partial charge in [0.25, 0.3) is 0 Å². The van der Waals surface area contributed by atoms with Crippen molar-refractivity contribution in [3.8, 4) is 29.6 Å². The summed E-state index contributed by atoms with van der Waals surface area (Å²) in [7, 11) is 1.68. The van der Waals surface area contributed by atoms with Gasteiger partial charge in [-0.15, -0.1) is 6.42 Å². The molecule has 3 unspecified atom stereocenters. The van der Waals surface area contributed by atoms with E-state index in [1.54, 1.807) is 36.3 Å². The van der Waals surface area contributed by atoms with E-state index in [4.69, 9.17) is 30.6 Å². The Morgan fingerprint density at radius 3 is 2.57 bits per heavy atom. The fourth-order valence-electron chi connectivity index (χ4n) is 12.8. The Balaban J connectivity index is 0.677. The molecule has 3 amide bonds. The number of amides is 3. The molecule has 9 heterocycles. The number of fused-ring (bicyclic) bond motifs is 6. The molecular formula is C55H58F2N10O7. The summed E-state index contributed by atoms with van der Waals surface area (Å²) in [4.78, 5) is 71.7. The Labute approximate surface area is 425 Å². The molecule has 3 aromatic heterocycles. The van der Waals surface area contributed by atoms with Crippen molar-refractivity contribution in [1.29, 1.82) is 0 Å². The minimum absolute atomic E-state index is 0.00795. The predicted molar refractivity (Wildman–Crippen MR) is 272 cm³/mol. The molecule has 12 rings (SSSR count). The zero-order chi connectivity index (χ0) is 50.8. The number of carbonyl (C=O) groups excluding carboxylic acids is 3. The Hall–Kier alpha value is -7.01. The van der Waals surface area contributed by atoms with Crippen LogP contribution < -0.4 is 26.0 Å². The number of anilines is 1. The molecule has 6 aliphatic rings. The largest absolute Gasteiger partial charge is 0.461 e. The summed E-state index contributed by atoms with van der Waals surface area (Å²) >= 11 is 0. The highest BCUT2D eigenvalue weighted by Gasteiger charge is 2.50. The van der Waals surface area contributed by atoms with Gasteiger partial charge in [-0.25, -0.2) is 18.4 Å². The van der Waals surface area contributed by atoms with Crippen molar-refractivity contribution in [3.63, 3.8) is 0 Å². The van der Waals surface area contributed by atoms with Gasteiger partial charge >= 0.3 is 17.8 Å². The van der Waals surface area contributed by atoms with Gasteiger partial charge < -0.3 is 29.3 Å². The first-order chi connectivity index (χ1) is 35.9. The number of hydrogen-bond acceptors (Lipinski definition) is 13. The third-order valence-electron chi connectivity index (χ3n) is 16.6. The van der Waals surface area contributed by atoms with Crippen LogP contribution in [0, 0.1) is 24.0 Å². The Bertz CT molecular complexity index is 3340. The number of piperidine rings is 2. The molecule has 6 saturated heterocycles. The summed E-state index contributed by atoms with van der Waals surface area (Å²) in [5.74, 6) is 0.992. The van der Waals surface area contributed by atoms with E-state index >= 15 is 8.78 Å². The first-order valence-corrected chi connectivity index (χ1v) is 26.0. The summed E-state index contributed by atoms with van der Waals surface area (Å²) in [6, 6.07) is 13.9. The molecule has 3 aromatic carbocycles. The number of piperazine rings is 1. The molecule has 384 valence electrons. The SMILES string of the molecule is C#Cc1c(F)ccc2cccc(-c3ncc4c(N5CC6CCC(C5)N6)nc(OC[C@@]56CCCN5[C@H](COC(=O)N5CCC(OCCc7ccc8c(c7)n(C)c(=O)n8C7CCC(=O)NC7=O)CC5)CC6)nc4c3F)c12. The topological polar surface area (TPSA) is 178 Å². The first kappa shape index (κ1) is 48.0. The molecular weight excluding hydrogens is 951 g/mol. The number of aryl methyl sites for hydroxylation is 1. The van der Waals surface area contributed by atoms with Crippen molar-refractivity contribution in [1.82, 2.24) is 44.5 Å². The number of halogens is 2. The highest BCUT2D eigenvalue weighted by molar-refractivity contribution is 6.02. The highest BCUT2D eigenvalue weighted by atomic mass is 19.1. The average Bonchev–Trinajstić information content (AvgIpc) is 4.15. The third kappa shape index (κ3) is 8.59. The molecule has 74 heavy (non-hydrogen) atoms. The van der Waals surface area contributed by atoms with Crippen molar-refractivity contribution in [2.24, 2.45) is 7.05 Å².